The van der Waals surface area contributed by atoms with Gasteiger partial charge in [0, 0.05) is 0 Å². The molecule has 0 bridgehead atoms. The Kier molecular flexibility index (Phi) is 4.15. The third kappa shape index (κ3) is 2.99. The van der Waals surface area contributed by atoms with Gasteiger partial charge in [-0.2, -0.15) is 0 Å². The van der Waals surface area contributed by atoms with Gasteiger partial charge in [0.2, 0.25) is 0 Å². The summed E-state index contributed by atoms with van der Waals surface area (Å²) in [7, 11) is 0. The van der Waals surface area contributed by atoms with E-state index in [4.69, 9.17) is 0 Å². The van der Waals surface area contributed by atoms with Crippen molar-refractivity contribution < 1.29 is 4.79 Å². The average Bonchev–Trinajstić information content (AvgIpc) is 2.58. The van der Waals surface area contributed by atoms with Gasteiger partial charge < -0.3 is 4.79 Å². The summed E-state index contributed by atoms with van der Waals surface area (Å²) in [5.41, 5.74) is 5.56. The summed E-state index contributed by atoms with van der Waals surface area (Å²) in [4.78, 5) is 11.6. The highest BCUT2D eigenvalue weighted by molar-refractivity contribution is 5.71. The van der Waals surface area contributed by atoms with Gasteiger partial charge in [0.15, 0.2) is 0 Å². The standard InChI is InChI=1S/C21H18O/c1-16-10-12-18(13-11-16)21(15-22)20-9-5-8-19(14-20)17-6-3-2-4-7-17/h2-15,21H,1H3. The molecule has 3 rings (SSSR count). The maximum atomic E-state index is 11.6. The monoisotopic (exact) mass is 286 g/mol. The first-order valence-corrected chi connectivity index (χ1v) is 7.45. The highest BCUT2D eigenvalue weighted by Crippen LogP contribution is 2.27. The molecule has 22 heavy (non-hydrogen) atoms. The van der Waals surface area contributed by atoms with Crippen LogP contribution in [0.25, 0.3) is 11.1 Å². The van der Waals surface area contributed by atoms with Gasteiger partial charge >= 0.3 is 0 Å². The van der Waals surface area contributed by atoms with Crippen LogP contribution in [0.3, 0.4) is 0 Å². The van der Waals surface area contributed by atoms with Crippen LogP contribution >= 0.6 is 0 Å². The first-order valence-electron chi connectivity index (χ1n) is 7.45. The normalized spacial score (nSPS) is 11.9. The van der Waals surface area contributed by atoms with Gasteiger partial charge in [-0.15, -0.1) is 0 Å². The number of rotatable bonds is 4. The molecule has 0 saturated heterocycles. The number of hydrogen-bond donors (Lipinski definition) is 0. The fourth-order valence-electron chi connectivity index (χ4n) is 2.67. The van der Waals surface area contributed by atoms with Crippen molar-refractivity contribution in [2.75, 3.05) is 0 Å². The van der Waals surface area contributed by atoms with E-state index in [1.54, 1.807) is 0 Å². The molecule has 1 nitrogen and oxygen atoms in total. The van der Waals surface area contributed by atoms with E-state index in [1.807, 2.05) is 54.6 Å². The molecule has 1 heteroatoms. The highest BCUT2D eigenvalue weighted by Gasteiger charge is 2.13. The van der Waals surface area contributed by atoms with E-state index < -0.39 is 0 Å². The molecule has 0 aromatic heterocycles. The van der Waals surface area contributed by atoms with Crippen molar-refractivity contribution in [3.8, 4) is 11.1 Å². The molecule has 0 spiro atoms. The van der Waals surface area contributed by atoms with Crippen LogP contribution in [0.2, 0.25) is 0 Å². The summed E-state index contributed by atoms with van der Waals surface area (Å²) < 4.78 is 0. The minimum atomic E-state index is -0.218. The Bertz CT molecular complexity index is 757. The number of aryl methyl sites for hydroxylation is 1. The Morgan fingerprint density at radius 2 is 1.41 bits per heavy atom. The van der Waals surface area contributed by atoms with Crippen LogP contribution in [-0.2, 0) is 4.79 Å². The molecule has 1 atom stereocenters. The number of carbonyl (C=O) groups excluding carboxylic acids is 1. The maximum Gasteiger partial charge on any atom is 0.131 e. The van der Waals surface area contributed by atoms with Gasteiger partial charge in [-0.3, -0.25) is 0 Å². The molecule has 0 radical (unpaired) electrons. The Morgan fingerprint density at radius 1 is 0.727 bits per heavy atom. The molecular formula is C21H18O. The van der Waals surface area contributed by atoms with Crippen LogP contribution in [0, 0.1) is 6.92 Å². The molecule has 3 aromatic rings. The van der Waals surface area contributed by atoms with E-state index >= 15 is 0 Å². The Labute approximate surface area is 131 Å². The van der Waals surface area contributed by atoms with Crippen molar-refractivity contribution in [2.45, 2.75) is 12.8 Å². The predicted octanol–water partition coefficient (Wildman–Crippen LogP) is 4.99. The summed E-state index contributed by atoms with van der Waals surface area (Å²) in [6.07, 6.45) is 1.02. The SMILES string of the molecule is Cc1ccc(C(C=O)c2cccc(-c3ccccc3)c2)cc1. The minimum absolute atomic E-state index is 0.218. The zero-order valence-electron chi connectivity index (χ0n) is 12.6. The van der Waals surface area contributed by atoms with E-state index in [-0.39, 0.29) is 5.92 Å². The fraction of sp³-hybridized carbons (Fsp3) is 0.0952. The molecular weight excluding hydrogens is 268 g/mol. The topological polar surface area (TPSA) is 17.1 Å². The zero-order chi connectivity index (χ0) is 15.4. The van der Waals surface area contributed by atoms with Crippen LogP contribution in [0.5, 0.6) is 0 Å². The van der Waals surface area contributed by atoms with Crippen molar-refractivity contribution in [3.63, 3.8) is 0 Å². The largest absolute Gasteiger partial charge is 0.302 e. The molecule has 0 aliphatic rings. The van der Waals surface area contributed by atoms with Crippen molar-refractivity contribution >= 4 is 6.29 Å². The molecule has 0 aliphatic carbocycles. The predicted molar refractivity (Wildman–Crippen MR) is 91.0 cm³/mol. The molecule has 0 fully saturated rings. The fourth-order valence-corrected chi connectivity index (χ4v) is 2.67. The van der Waals surface area contributed by atoms with Gasteiger partial charge in [-0.1, -0.05) is 84.4 Å². The minimum Gasteiger partial charge on any atom is -0.302 e. The highest BCUT2D eigenvalue weighted by atomic mass is 16.1. The Morgan fingerprint density at radius 3 is 2.09 bits per heavy atom. The van der Waals surface area contributed by atoms with Crippen molar-refractivity contribution in [2.24, 2.45) is 0 Å². The van der Waals surface area contributed by atoms with Gasteiger partial charge in [-0.05, 0) is 29.2 Å². The van der Waals surface area contributed by atoms with E-state index in [0.717, 1.165) is 28.5 Å². The van der Waals surface area contributed by atoms with Crippen LogP contribution < -0.4 is 0 Å². The quantitative estimate of drug-likeness (QED) is 0.617. The van der Waals surface area contributed by atoms with E-state index in [0.29, 0.717) is 0 Å². The lowest BCUT2D eigenvalue weighted by molar-refractivity contribution is -0.108. The number of aldehydes is 1. The lowest BCUT2D eigenvalue weighted by Gasteiger charge is -2.13. The lowest BCUT2D eigenvalue weighted by atomic mass is 9.90. The number of carbonyl (C=O) groups is 1. The molecule has 0 saturated carbocycles. The van der Waals surface area contributed by atoms with Crippen molar-refractivity contribution in [3.05, 3.63) is 95.6 Å². The summed E-state index contributed by atoms with van der Waals surface area (Å²) in [5, 5.41) is 0. The average molecular weight is 286 g/mol. The van der Waals surface area contributed by atoms with Gasteiger partial charge in [0.25, 0.3) is 0 Å². The molecule has 0 amide bonds. The van der Waals surface area contributed by atoms with Crippen LogP contribution in [0.1, 0.15) is 22.6 Å². The molecule has 1 unspecified atom stereocenters. The number of hydrogen-bond acceptors (Lipinski definition) is 1. The first-order chi connectivity index (χ1) is 10.8. The van der Waals surface area contributed by atoms with E-state index in [1.165, 1.54) is 5.56 Å². The summed E-state index contributed by atoms with van der Waals surface area (Å²) in [6, 6.07) is 26.6. The zero-order valence-corrected chi connectivity index (χ0v) is 12.6. The van der Waals surface area contributed by atoms with E-state index in [9.17, 15) is 4.79 Å². The third-order valence-corrected chi connectivity index (χ3v) is 3.93. The lowest BCUT2D eigenvalue weighted by Crippen LogP contribution is -2.02. The molecule has 0 N–H and O–H groups in total. The second-order valence-electron chi connectivity index (χ2n) is 5.52. The van der Waals surface area contributed by atoms with Crippen LogP contribution in [0.4, 0.5) is 0 Å². The first kappa shape index (κ1) is 14.3. The smallest absolute Gasteiger partial charge is 0.131 e. The summed E-state index contributed by atoms with van der Waals surface area (Å²) in [5.74, 6) is -0.218. The van der Waals surface area contributed by atoms with Gasteiger partial charge in [-0.25, -0.2) is 0 Å². The van der Waals surface area contributed by atoms with E-state index in [2.05, 4.69) is 31.2 Å². The Balaban J connectivity index is 2.00. The summed E-state index contributed by atoms with van der Waals surface area (Å²) in [6.45, 7) is 2.05. The van der Waals surface area contributed by atoms with Crippen LogP contribution in [0.15, 0.2) is 78.9 Å². The second-order valence-corrected chi connectivity index (χ2v) is 5.52. The maximum absolute atomic E-state index is 11.6. The van der Waals surface area contributed by atoms with Crippen LogP contribution in [-0.4, -0.2) is 6.29 Å². The van der Waals surface area contributed by atoms with Crippen molar-refractivity contribution in [1.29, 1.82) is 0 Å². The molecule has 3 aromatic carbocycles. The van der Waals surface area contributed by atoms with Gasteiger partial charge in [0.1, 0.15) is 6.29 Å². The molecule has 0 aliphatic heterocycles. The second kappa shape index (κ2) is 6.40. The molecule has 108 valence electrons. The Hall–Kier alpha value is -2.67. The number of benzene rings is 3. The summed E-state index contributed by atoms with van der Waals surface area (Å²) >= 11 is 0. The van der Waals surface area contributed by atoms with Gasteiger partial charge in [0.05, 0.1) is 5.92 Å². The third-order valence-electron chi connectivity index (χ3n) is 3.93. The molecule has 0 heterocycles. The van der Waals surface area contributed by atoms with Crippen molar-refractivity contribution in [1.82, 2.24) is 0 Å².